The molecular formula is C30H47NO3. The van der Waals surface area contributed by atoms with Gasteiger partial charge in [0.05, 0.1) is 24.4 Å². The van der Waals surface area contributed by atoms with Gasteiger partial charge in [-0.3, -0.25) is 4.90 Å². The number of hydrogen-bond acceptors (Lipinski definition) is 4. The number of rotatable bonds is 2. The van der Waals surface area contributed by atoms with Crippen LogP contribution in [0, 0.1) is 35.0 Å². The average molecular weight is 470 g/mol. The monoisotopic (exact) mass is 469 g/mol. The van der Waals surface area contributed by atoms with Gasteiger partial charge in [0.1, 0.15) is 0 Å². The molecule has 4 fully saturated rings. The van der Waals surface area contributed by atoms with E-state index in [4.69, 9.17) is 4.74 Å². The maximum atomic E-state index is 10.3. The summed E-state index contributed by atoms with van der Waals surface area (Å²) in [6.45, 7) is 11.9. The fourth-order valence-corrected chi connectivity index (χ4v) is 10.0. The molecule has 0 aromatic rings. The number of hydrogen-bond donors (Lipinski definition) is 2. The Hall–Kier alpha value is -0.680. The van der Waals surface area contributed by atoms with Crippen molar-refractivity contribution in [3.8, 4) is 0 Å². The Bertz CT molecular complexity index is 880. The minimum absolute atomic E-state index is 0.0252. The van der Waals surface area contributed by atoms with E-state index < -0.39 is 0 Å². The van der Waals surface area contributed by atoms with E-state index in [1.165, 1.54) is 38.5 Å². The van der Waals surface area contributed by atoms with Gasteiger partial charge in [-0.15, -0.1) is 0 Å². The summed E-state index contributed by atoms with van der Waals surface area (Å²) in [6.07, 6.45) is 12.9. The van der Waals surface area contributed by atoms with Gasteiger partial charge in [-0.25, -0.2) is 0 Å². The SMILES string of the molecule is CC1=C2CC3C(CCC4=CC(O)CCC43C)C2CCC2(C1)OC1CC(C)CN(CCO)C1C2C. The molecule has 34 heavy (non-hydrogen) atoms. The van der Waals surface area contributed by atoms with Gasteiger partial charge in [0.25, 0.3) is 0 Å². The van der Waals surface area contributed by atoms with Crippen LogP contribution in [0.3, 0.4) is 0 Å². The van der Waals surface area contributed by atoms with Crippen LogP contribution in [0.4, 0.5) is 0 Å². The molecule has 2 saturated carbocycles. The first-order valence-electron chi connectivity index (χ1n) is 14.4. The van der Waals surface area contributed by atoms with Crippen LogP contribution in [0.5, 0.6) is 0 Å². The number of β-amino-alcohol motifs (C(OH)–C–C–N with tert-alkyl or cyclic N) is 1. The lowest BCUT2D eigenvalue weighted by Gasteiger charge is -2.49. The highest BCUT2D eigenvalue weighted by Crippen LogP contribution is 2.64. The van der Waals surface area contributed by atoms with Crippen molar-refractivity contribution in [2.45, 2.75) is 109 Å². The van der Waals surface area contributed by atoms with E-state index in [2.05, 4.69) is 38.7 Å². The van der Waals surface area contributed by atoms with Crippen molar-refractivity contribution in [2.24, 2.45) is 35.0 Å². The summed E-state index contributed by atoms with van der Waals surface area (Å²) in [6, 6.07) is 0.460. The lowest BCUT2D eigenvalue weighted by molar-refractivity contribution is -0.0799. The van der Waals surface area contributed by atoms with Crippen molar-refractivity contribution >= 4 is 0 Å². The summed E-state index contributed by atoms with van der Waals surface area (Å²) < 4.78 is 7.13. The highest BCUT2D eigenvalue weighted by molar-refractivity contribution is 5.33. The number of piperidine rings is 1. The quantitative estimate of drug-likeness (QED) is 0.553. The topological polar surface area (TPSA) is 52.9 Å². The molecule has 190 valence electrons. The Morgan fingerprint density at radius 1 is 1.18 bits per heavy atom. The van der Waals surface area contributed by atoms with Crippen molar-refractivity contribution in [3.05, 3.63) is 22.8 Å². The zero-order valence-electron chi connectivity index (χ0n) is 21.9. The van der Waals surface area contributed by atoms with Crippen LogP contribution in [0.15, 0.2) is 22.8 Å². The lowest BCUT2D eigenvalue weighted by atomic mass is 9.56. The van der Waals surface area contributed by atoms with Gasteiger partial charge in [0.2, 0.25) is 0 Å². The number of ether oxygens (including phenoxy) is 1. The highest BCUT2D eigenvalue weighted by Gasteiger charge is 2.59. The van der Waals surface area contributed by atoms with E-state index >= 15 is 0 Å². The number of allylic oxidation sites excluding steroid dienone is 2. The lowest BCUT2D eigenvalue weighted by Crippen LogP contribution is -2.52. The molecule has 10 unspecified atom stereocenters. The first kappa shape index (κ1) is 23.7. The molecule has 2 aliphatic heterocycles. The second-order valence-electron chi connectivity index (χ2n) is 13.4. The highest BCUT2D eigenvalue weighted by atomic mass is 16.5. The summed E-state index contributed by atoms with van der Waals surface area (Å²) in [5.74, 6) is 3.46. The first-order chi connectivity index (χ1) is 16.3. The molecular weight excluding hydrogens is 422 g/mol. The number of likely N-dealkylation sites (tertiary alicyclic amines) is 1. The second-order valence-corrected chi connectivity index (χ2v) is 13.4. The molecule has 0 amide bonds. The molecule has 4 heteroatoms. The Balaban J connectivity index is 1.28. The second kappa shape index (κ2) is 8.43. The summed E-state index contributed by atoms with van der Waals surface area (Å²) in [4.78, 5) is 2.55. The van der Waals surface area contributed by atoms with Crippen LogP contribution < -0.4 is 0 Å². The summed E-state index contributed by atoms with van der Waals surface area (Å²) in [7, 11) is 0. The normalized spacial score (nSPS) is 50.9. The fourth-order valence-electron chi connectivity index (χ4n) is 10.0. The van der Waals surface area contributed by atoms with E-state index in [1.807, 2.05) is 0 Å². The Morgan fingerprint density at radius 3 is 2.79 bits per heavy atom. The average Bonchev–Trinajstić information content (AvgIpc) is 3.25. The van der Waals surface area contributed by atoms with Crippen LogP contribution >= 0.6 is 0 Å². The van der Waals surface area contributed by atoms with E-state index in [9.17, 15) is 10.2 Å². The molecule has 0 radical (unpaired) electrons. The molecule has 10 atom stereocenters. The largest absolute Gasteiger partial charge is 0.395 e. The Labute approximate surface area is 206 Å². The van der Waals surface area contributed by atoms with Crippen LogP contribution in [0.2, 0.25) is 0 Å². The van der Waals surface area contributed by atoms with E-state index in [1.54, 1.807) is 16.7 Å². The minimum atomic E-state index is -0.218. The van der Waals surface area contributed by atoms with E-state index in [0.717, 1.165) is 50.1 Å². The van der Waals surface area contributed by atoms with Crippen molar-refractivity contribution < 1.29 is 14.9 Å². The van der Waals surface area contributed by atoms with Gasteiger partial charge >= 0.3 is 0 Å². The third-order valence-electron chi connectivity index (χ3n) is 11.7. The molecule has 4 aliphatic carbocycles. The predicted octanol–water partition coefficient (Wildman–Crippen LogP) is 5.10. The van der Waals surface area contributed by atoms with Gasteiger partial charge in [0, 0.05) is 25.0 Å². The smallest absolute Gasteiger partial charge is 0.0765 e. The summed E-state index contributed by atoms with van der Waals surface area (Å²) in [5.41, 5.74) is 5.25. The van der Waals surface area contributed by atoms with E-state index in [-0.39, 0.29) is 18.3 Å². The molecule has 0 bridgehead atoms. The van der Waals surface area contributed by atoms with Crippen LogP contribution in [-0.4, -0.2) is 58.7 Å². The molecule has 2 heterocycles. The molecule has 4 nitrogen and oxygen atoms in total. The molecule has 6 aliphatic rings. The van der Waals surface area contributed by atoms with Crippen LogP contribution in [0.1, 0.15) is 85.5 Å². The minimum Gasteiger partial charge on any atom is -0.395 e. The molecule has 6 rings (SSSR count). The third kappa shape index (κ3) is 3.45. The van der Waals surface area contributed by atoms with Gasteiger partial charge in [-0.2, -0.15) is 0 Å². The van der Waals surface area contributed by atoms with E-state index in [0.29, 0.717) is 29.4 Å². The molecule has 2 saturated heterocycles. The molecule has 0 aromatic carbocycles. The van der Waals surface area contributed by atoms with Gasteiger partial charge in [-0.1, -0.05) is 43.6 Å². The zero-order valence-corrected chi connectivity index (χ0v) is 21.9. The number of aliphatic hydroxyl groups excluding tert-OH is 2. The number of nitrogens with zero attached hydrogens (tertiary/aromatic N) is 1. The number of aliphatic hydroxyl groups is 2. The fraction of sp³-hybridized carbons (Fsp3) is 0.867. The number of fused-ring (bicyclic) bond motifs is 6. The molecule has 1 spiro atoms. The summed E-state index contributed by atoms with van der Waals surface area (Å²) in [5, 5.41) is 20.0. The predicted molar refractivity (Wildman–Crippen MR) is 135 cm³/mol. The van der Waals surface area contributed by atoms with Crippen molar-refractivity contribution in [1.29, 1.82) is 0 Å². The van der Waals surface area contributed by atoms with Gasteiger partial charge < -0.3 is 14.9 Å². The summed E-state index contributed by atoms with van der Waals surface area (Å²) >= 11 is 0. The van der Waals surface area contributed by atoms with Crippen LogP contribution in [0.25, 0.3) is 0 Å². The first-order valence-corrected chi connectivity index (χ1v) is 14.4. The van der Waals surface area contributed by atoms with Crippen molar-refractivity contribution in [3.63, 3.8) is 0 Å². The van der Waals surface area contributed by atoms with Crippen LogP contribution in [-0.2, 0) is 4.74 Å². The molecule has 0 aromatic heterocycles. The standard InChI is InChI=1S/C30H47NO3/c1-18-13-27-28(31(17-18)11-12-32)20(3)30(34-27)10-8-23-24-6-5-21-14-22(33)7-9-29(21,4)26(24)15-25(23)19(2)16-30/h14,18,20,22-24,26-28,32-33H,5-13,15-17H2,1-4H3. The molecule has 2 N–H and O–H groups in total. The third-order valence-corrected chi connectivity index (χ3v) is 11.7. The van der Waals surface area contributed by atoms with Crippen molar-refractivity contribution in [1.82, 2.24) is 4.90 Å². The van der Waals surface area contributed by atoms with Gasteiger partial charge in [-0.05, 0) is 93.8 Å². The van der Waals surface area contributed by atoms with Gasteiger partial charge in [0.15, 0.2) is 0 Å². The maximum Gasteiger partial charge on any atom is 0.0765 e. The maximum absolute atomic E-state index is 10.3. The Morgan fingerprint density at radius 2 is 2.00 bits per heavy atom. The Kier molecular flexibility index (Phi) is 5.88. The zero-order chi connectivity index (χ0) is 23.8. The van der Waals surface area contributed by atoms with Crippen molar-refractivity contribution in [2.75, 3.05) is 19.7 Å².